The van der Waals surface area contributed by atoms with E-state index in [2.05, 4.69) is 30.4 Å². The molecule has 2 atom stereocenters. The Bertz CT molecular complexity index is 719. The Labute approximate surface area is 137 Å². The van der Waals surface area contributed by atoms with E-state index in [-0.39, 0.29) is 11.8 Å². The van der Waals surface area contributed by atoms with E-state index in [0.29, 0.717) is 6.42 Å². The Balaban J connectivity index is 2.11. The van der Waals surface area contributed by atoms with Crippen molar-refractivity contribution in [1.82, 2.24) is 0 Å². The molecule has 3 rings (SSSR count). The van der Waals surface area contributed by atoms with Crippen molar-refractivity contribution in [3.63, 3.8) is 0 Å². The molecule has 0 radical (unpaired) electrons. The van der Waals surface area contributed by atoms with Gasteiger partial charge in [-0.1, -0.05) is 36.4 Å². The van der Waals surface area contributed by atoms with E-state index in [1.807, 2.05) is 24.3 Å². The van der Waals surface area contributed by atoms with Crippen molar-refractivity contribution in [2.75, 3.05) is 7.11 Å². The van der Waals surface area contributed by atoms with Gasteiger partial charge in [0, 0.05) is 17.9 Å². The molecule has 3 nitrogen and oxygen atoms in total. The molecule has 0 bridgehead atoms. The molecule has 0 fully saturated rings. The zero-order chi connectivity index (χ0) is 16.3. The molecule has 2 aliphatic rings. The van der Waals surface area contributed by atoms with Crippen LogP contribution in [0, 0.1) is 34.0 Å². The van der Waals surface area contributed by atoms with Crippen molar-refractivity contribution in [1.29, 1.82) is 10.5 Å². The molecule has 0 heterocycles. The fourth-order valence-corrected chi connectivity index (χ4v) is 3.92. The summed E-state index contributed by atoms with van der Waals surface area (Å²) in [6.07, 6.45) is 9.82. The zero-order valence-electron chi connectivity index (χ0n) is 13.3. The number of methoxy groups -OCH3 is 1. The molecule has 0 saturated carbocycles. The predicted octanol–water partition coefficient (Wildman–Crippen LogP) is 4.50. The van der Waals surface area contributed by atoms with Gasteiger partial charge in [-0.05, 0) is 36.8 Å². The quantitative estimate of drug-likeness (QED) is 0.756. The third-order valence-corrected chi connectivity index (χ3v) is 5.06. The first kappa shape index (κ1) is 15.4. The molecule has 0 saturated heterocycles. The van der Waals surface area contributed by atoms with Gasteiger partial charge in [0.15, 0.2) is 5.41 Å². The molecule has 0 N–H and O–H groups in total. The minimum absolute atomic E-state index is 0.154. The summed E-state index contributed by atoms with van der Waals surface area (Å²) in [5, 5.41) is 19.4. The van der Waals surface area contributed by atoms with Crippen molar-refractivity contribution >= 4 is 0 Å². The number of nitrogens with zero attached hydrogens (tertiary/aromatic N) is 2. The van der Waals surface area contributed by atoms with Crippen LogP contribution < -0.4 is 4.74 Å². The van der Waals surface area contributed by atoms with Crippen LogP contribution in [0.3, 0.4) is 0 Å². The topological polar surface area (TPSA) is 56.8 Å². The lowest BCUT2D eigenvalue weighted by Gasteiger charge is -2.34. The molecular formula is C20H20N2O. The monoisotopic (exact) mass is 304 g/mol. The fourth-order valence-electron chi connectivity index (χ4n) is 3.92. The van der Waals surface area contributed by atoms with Crippen LogP contribution >= 0.6 is 0 Å². The maximum Gasteiger partial charge on any atom is 0.168 e. The number of benzene rings is 1. The zero-order valence-corrected chi connectivity index (χ0v) is 13.3. The van der Waals surface area contributed by atoms with Gasteiger partial charge in [0.2, 0.25) is 0 Å². The maximum atomic E-state index is 9.69. The molecule has 1 aromatic rings. The van der Waals surface area contributed by atoms with E-state index in [1.165, 1.54) is 0 Å². The first-order valence-corrected chi connectivity index (χ1v) is 8.08. The lowest BCUT2D eigenvalue weighted by Crippen LogP contribution is -2.27. The second kappa shape index (κ2) is 6.31. The van der Waals surface area contributed by atoms with Crippen LogP contribution in [0.2, 0.25) is 0 Å². The van der Waals surface area contributed by atoms with Gasteiger partial charge >= 0.3 is 0 Å². The first-order valence-electron chi connectivity index (χ1n) is 8.08. The van der Waals surface area contributed by atoms with Crippen LogP contribution in [-0.4, -0.2) is 7.11 Å². The molecule has 116 valence electrons. The summed E-state index contributed by atoms with van der Waals surface area (Å²) in [6.45, 7) is 0. The number of rotatable bonds is 2. The summed E-state index contributed by atoms with van der Waals surface area (Å²) >= 11 is 0. The van der Waals surface area contributed by atoms with Crippen LogP contribution in [0.1, 0.15) is 37.2 Å². The molecule has 0 aromatic heterocycles. The third-order valence-electron chi connectivity index (χ3n) is 5.06. The summed E-state index contributed by atoms with van der Waals surface area (Å²) in [5.41, 5.74) is 1.13. The first-order chi connectivity index (χ1) is 11.3. The fraction of sp³-hybridized carbons (Fsp3) is 0.400. The SMILES string of the molecule is COc1ccccc1C1C=CCC(C#N)(C#N)C2=CCCC[C@H]21. The molecule has 2 aliphatic carbocycles. The van der Waals surface area contributed by atoms with Gasteiger partial charge in [-0.25, -0.2) is 0 Å². The average Bonchev–Trinajstić information content (AvgIpc) is 2.79. The standard InChI is InChI=1S/C20H20N2O/c1-23-19-11-5-3-8-17(19)15-9-6-12-20(13-21,14-22)18-10-4-2-7-16(15)18/h3,5-6,8-11,15-16H,2,4,7,12H2,1H3/t15?,16-/m0/s1. The number of fused-ring (bicyclic) bond motifs is 1. The predicted molar refractivity (Wildman–Crippen MR) is 88.6 cm³/mol. The summed E-state index contributed by atoms with van der Waals surface area (Å²) < 4.78 is 5.54. The maximum absolute atomic E-state index is 9.69. The van der Waals surface area contributed by atoms with Crippen LogP contribution in [0.4, 0.5) is 0 Å². The van der Waals surface area contributed by atoms with Gasteiger partial charge in [-0.2, -0.15) is 10.5 Å². The number of para-hydroxylation sites is 1. The molecule has 0 spiro atoms. The summed E-state index contributed by atoms with van der Waals surface area (Å²) in [7, 11) is 1.69. The number of ether oxygens (including phenoxy) is 1. The molecule has 23 heavy (non-hydrogen) atoms. The molecular weight excluding hydrogens is 284 g/mol. The Hall–Kier alpha value is -2.52. The van der Waals surface area contributed by atoms with Gasteiger partial charge in [-0.15, -0.1) is 0 Å². The van der Waals surface area contributed by atoms with Gasteiger partial charge < -0.3 is 4.74 Å². The minimum atomic E-state index is -1.02. The number of hydrogen-bond donors (Lipinski definition) is 0. The van der Waals surface area contributed by atoms with Crippen LogP contribution in [0.15, 0.2) is 48.1 Å². The van der Waals surface area contributed by atoms with Gasteiger partial charge in [0.25, 0.3) is 0 Å². The van der Waals surface area contributed by atoms with Crippen molar-refractivity contribution in [3.05, 3.63) is 53.6 Å². The second-order valence-electron chi connectivity index (χ2n) is 6.23. The Kier molecular flexibility index (Phi) is 4.22. The van der Waals surface area contributed by atoms with E-state index in [1.54, 1.807) is 7.11 Å². The second-order valence-corrected chi connectivity index (χ2v) is 6.23. The van der Waals surface area contributed by atoms with Crippen LogP contribution in [0.25, 0.3) is 0 Å². The van der Waals surface area contributed by atoms with Gasteiger partial charge in [0.1, 0.15) is 5.75 Å². The highest BCUT2D eigenvalue weighted by atomic mass is 16.5. The highest BCUT2D eigenvalue weighted by Crippen LogP contribution is 2.50. The van der Waals surface area contributed by atoms with E-state index in [4.69, 9.17) is 4.74 Å². The molecule has 0 aliphatic heterocycles. The van der Waals surface area contributed by atoms with Gasteiger partial charge in [0.05, 0.1) is 19.2 Å². The minimum Gasteiger partial charge on any atom is -0.496 e. The van der Waals surface area contributed by atoms with Crippen LogP contribution in [0.5, 0.6) is 5.75 Å². The molecule has 3 heteroatoms. The Morgan fingerprint density at radius 2 is 2.00 bits per heavy atom. The highest BCUT2D eigenvalue weighted by molar-refractivity contribution is 5.46. The van der Waals surface area contributed by atoms with Crippen LogP contribution in [-0.2, 0) is 0 Å². The largest absolute Gasteiger partial charge is 0.496 e. The normalized spacial score (nSPS) is 25.3. The van der Waals surface area contributed by atoms with Gasteiger partial charge in [-0.3, -0.25) is 0 Å². The summed E-state index contributed by atoms with van der Waals surface area (Å²) in [6, 6.07) is 12.6. The number of nitriles is 2. The lowest BCUT2D eigenvalue weighted by atomic mass is 9.67. The third kappa shape index (κ3) is 2.53. The molecule has 1 unspecified atom stereocenters. The van der Waals surface area contributed by atoms with E-state index >= 15 is 0 Å². The molecule has 0 amide bonds. The van der Waals surface area contributed by atoms with E-state index < -0.39 is 5.41 Å². The highest BCUT2D eigenvalue weighted by Gasteiger charge is 2.43. The van der Waals surface area contributed by atoms with Crippen molar-refractivity contribution < 1.29 is 4.74 Å². The Morgan fingerprint density at radius 1 is 1.22 bits per heavy atom. The lowest BCUT2D eigenvalue weighted by molar-refractivity contribution is 0.385. The van der Waals surface area contributed by atoms with E-state index in [9.17, 15) is 10.5 Å². The van der Waals surface area contributed by atoms with E-state index in [0.717, 1.165) is 36.1 Å². The number of hydrogen-bond acceptors (Lipinski definition) is 3. The van der Waals surface area contributed by atoms with Crippen molar-refractivity contribution in [2.45, 2.75) is 31.6 Å². The average molecular weight is 304 g/mol. The van der Waals surface area contributed by atoms with Crippen molar-refractivity contribution in [3.8, 4) is 17.9 Å². The summed E-state index contributed by atoms with van der Waals surface area (Å²) in [5.74, 6) is 1.22. The smallest absolute Gasteiger partial charge is 0.168 e. The molecule has 1 aromatic carbocycles. The number of allylic oxidation sites excluding steroid dienone is 4. The Morgan fingerprint density at radius 3 is 2.74 bits per heavy atom. The van der Waals surface area contributed by atoms with Crippen molar-refractivity contribution in [2.24, 2.45) is 11.3 Å². The summed E-state index contributed by atoms with van der Waals surface area (Å²) in [4.78, 5) is 0.